The highest BCUT2D eigenvalue weighted by molar-refractivity contribution is 5.79. The minimum atomic E-state index is 0.0488. The van der Waals surface area contributed by atoms with E-state index >= 15 is 0 Å². The Morgan fingerprint density at radius 2 is 2.20 bits per heavy atom. The van der Waals surface area contributed by atoms with Crippen LogP contribution in [-0.4, -0.2) is 25.0 Å². The first-order valence-electron chi connectivity index (χ1n) is 5.92. The SMILES string of the molecule is CC(C(=O)NCC1CCCN1)C(C)(C)C. The number of hydrogen-bond donors (Lipinski definition) is 2. The Hall–Kier alpha value is -0.570. The smallest absolute Gasteiger partial charge is 0.223 e. The van der Waals surface area contributed by atoms with E-state index in [0.29, 0.717) is 6.04 Å². The number of rotatable bonds is 3. The van der Waals surface area contributed by atoms with Gasteiger partial charge in [-0.2, -0.15) is 0 Å². The lowest BCUT2D eigenvalue weighted by molar-refractivity contribution is -0.127. The molecule has 0 radical (unpaired) electrons. The third-order valence-corrected chi connectivity index (χ3v) is 3.38. The lowest BCUT2D eigenvalue weighted by Gasteiger charge is -2.26. The van der Waals surface area contributed by atoms with Gasteiger partial charge in [-0.1, -0.05) is 27.7 Å². The van der Waals surface area contributed by atoms with Gasteiger partial charge in [0.1, 0.15) is 0 Å². The molecular weight excluding hydrogens is 188 g/mol. The molecule has 2 atom stereocenters. The molecule has 1 rings (SSSR count). The fourth-order valence-corrected chi connectivity index (χ4v) is 1.70. The van der Waals surface area contributed by atoms with Gasteiger partial charge in [-0.15, -0.1) is 0 Å². The van der Waals surface area contributed by atoms with E-state index < -0.39 is 0 Å². The lowest BCUT2D eigenvalue weighted by Crippen LogP contribution is -2.42. The molecule has 0 saturated carbocycles. The Kier molecular flexibility index (Phi) is 4.14. The molecule has 0 aromatic rings. The number of hydrogen-bond acceptors (Lipinski definition) is 2. The quantitative estimate of drug-likeness (QED) is 0.745. The van der Waals surface area contributed by atoms with Crippen LogP contribution in [-0.2, 0) is 4.79 Å². The maximum atomic E-state index is 11.8. The summed E-state index contributed by atoms with van der Waals surface area (Å²) in [4.78, 5) is 11.8. The topological polar surface area (TPSA) is 41.1 Å². The first-order chi connectivity index (χ1) is 6.91. The largest absolute Gasteiger partial charge is 0.354 e. The maximum absolute atomic E-state index is 11.8. The van der Waals surface area contributed by atoms with Crippen molar-refractivity contribution in [3.63, 3.8) is 0 Å². The summed E-state index contributed by atoms with van der Waals surface area (Å²) < 4.78 is 0. The van der Waals surface area contributed by atoms with Gasteiger partial charge >= 0.3 is 0 Å². The van der Waals surface area contributed by atoms with Crippen LogP contribution in [0.25, 0.3) is 0 Å². The summed E-state index contributed by atoms with van der Waals surface area (Å²) in [6.45, 7) is 10.2. The fourth-order valence-electron chi connectivity index (χ4n) is 1.70. The summed E-state index contributed by atoms with van der Waals surface area (Å²) in [6, 6.07) is 0.487. The monoisotopic (exact) mass is 212 g/mol. The highest BCUT2D eigenvalue weighted by Gasteiger charge is 2.27. The van der Waals surface area contributed by atoms with Crippen molar-refractivity contribution in [2.75, 3.05) is 13.1 Å². The predicted octanol–water partition coefficient (Wildman–Crippen LogP) is 1.54. The highest BCUT2D eigenvalue weighted by atomic mass is 16.1. The van der Waals surface area contributed by atoms with E-state index in [4.69, 9.17) is 0 Å². The molecular formula is C12H24N2O. The van der Waals surface area contributed by atoms with Gasteiger partial charge < -0.3 is 10.6 Å². The van der Waals surface area contributed by atoms with Crippen LogP contribution in [0, 0.1) is 11.3 Å². The Bertz CT molecular complexity index is 214. The third kappa shape index (κ3) is 3.82. The molecule has 2 N–H and O–H groups in total. The van der Waals surface area contributed by atoms with Gasteiger partial charge in [0.15, 0.2) is 0 Å². The molecule has 3 heteroatoms. The molecule has 2 unspecified atom stereocenters. The van der Waals surface area contributed by atoms with E-state index in [1.54, 1.807) is 0 Å². The molecule has 1 saturated heterocycles. The van der Waals surface area contributed by atoms with E-state index in [2.05, 4.69) is 31.4 Å². The van der Waals surface area contributed by atoms with Crippen molar-refractivity contribution >= 4 is 5.91 Å². The standard InChI is InChI=1S/C12H24N2O/c1-9(12(2,3)4)11(15)14-8-10-6-5-7-13-10/h9-10,13H,5-8H2,1-4H3,(H,14,15). The average molecular weight is 212 g/mol. The van der Waals surface area contributed by atoms with Crippen molar-refractivity contribution in [1.29, 1.82) is 0 Å². The van der Waals surface area contributed by atoms with Gasteiger partial charge in [0.25, 0.3) is 0 Å². The van der Waals surface area contributed by atoms with Crippen molar-refractivity contribution in [3.05, 3.63) is 0 Å². The van der Waals surface area contributed by atoms with Gasteiger partial charge in [-0.05, 0) is 24.8 Å². The number of nitrogens with one attached hydrogen (secondary N) is 2. The molecule has 3 nitrogen and oxygen atoms in total. The summed E-state index contributed by atoms with van der Waals surface area (Å²) in [6.07, 6.45) is 2.42. The van der Waals surface area contributed by atoms with Crippen LogP contribution in [0.15, 0.2) is 0 Å². The molecule has 0 spiro atoms. The van der Waals surface area contributed by atoms with Gasteiger partial charge in [-0.25, -0.2) is 0 Å². The van der Waals surface area contributed by atoms with Gasteiger partial charge in [-0.3, -0.25) is 4.79 Å². The van der Waals surface area contributed by atoms with Gasteiger partial charge in [0.05, 0.1) is 0 Å². The van der Waals surface area contributed by atoms with Crippen LogP contribution in [0.1, 0.15) is 40.5 Å². The zero-order chi connectivity index (χ0) is 11.5. The molecule has 1 amide bonds. The number of carbonyl (C=O) groups excluding carboxylic acids is 1. The minimum absolute atomic E-state index is 0.0488. The van der Waals surface area contributed by atoms with E-state index in [0.717, 1.165) is 13.1 Å². The van der Waals surface area contributed by atoms with Crippen molar-refractivity contribution in [2.45, 2.75) is 46.6 Å². The van der Waals surface area contributed by atoms with Crippen molar-refractivity contribution in [3.8, 4) is 0 Å². The summed E-state index contributed by atoms with van der Waals surface area (Å²) in [5.74, 6) is 0.245. The van der Waals surface area contributed by atoms with Crippen LogP contribution in [0.3, 0.4) is 0 Å². The number of carbonyl (C=O) groups is 1. The molecule has 88 valence electrons. The zero-order valence-electron chi connectivity index (χ0n) is 10.4. The molecule has 0 aliphatic carbocycles. The minimum Gasteiger partial charge on any atom is -0.354 e. The highest BCUT2D eigenvalue weighted by Crippen LogP contribution is 2.25. The Morgan fingerprint density at radius 3 is 2.67 bits per heavy atom. The van der Waals surface area contributed by atoms with Crippen LogP contribution >= 0.6 is 0 Å². The summed E-state index contributed by atoms with van der Waals surface area (Å²) >= 11 is 0. The second-order valence-corrected chi connectivity index (χ2v) is 5.63. The van der Waals surface area contributed by atoms with E-state index in [9.17, 15) is 4.79 Å². The Balaban J connectivity index is 2.29. The molecule has 1 aliphatic heterocycles. The third-order valence-electron chi connectivity index (χ3n) is 3.38. The molecule has 0 bridgehead atoms. The van der Waals surface area contributed by atoms with Crippen LogP contribution in [0.5, 0.6) is 0 Å². The van der Waals surface area contributed by atoms with Crippen molar-refractivity contribution in [2.24, 2.45) is 11.3 Å². The van der Waals surface area contributed by atoms with E-state index in [1.807, 2.05) is 6.92 Å². The van der Waals surface area contributed by atoms with Crippen LogP contribution in [0.4, 0.5) is 0 Å². The summed E-state index contributed by atoms with van der Waals surface area (Å²) in [5.41, 5.74) is 0.0488. The molecule has 1 heterocycles. The zero-order valence-corrected chi connectivity index (χ0v) is 10.4. The molecule has 0 aromatic carbocycles. The van der Waals surface area contributed by atoms with Crippen LogP contribution < -0.4 is 10.6 Å². The summed E-state index contributed by atoms with van der Waals surface area (Å²) in [7, 11) is 0. The van der Waals surface area contributed by atoms with Crippen LogP contribution in [0.2, 0.25) is 0 Å². The fraction of sp³-hybridized carbons (Fsp3) is 0.917. The normalized spacial score (nSPS) is 23.9. The molecule has 0 aromatic heterocycles. The van der Waals surface area contributed by atoms with E-state index in [1.165, 1.54) is 12.8 Å². The Morgan fingerprint density at radius 1 is 1.53 bits per heavy atom. The molecule has 15 heavy (non-hydrogen) atoms. The maximum Gasteiger partial charge on any atom is 0.223 e. The first-order valence-corrected chi connectivity index (χ1v) is 5.92. The Labute approximate surface area is 93.0 Å². The van der Waals surface area contributed by atoms with Gasteiger partial charge in [0.2, 0.25) is 5.91 Å². The van der Waals surface area contributed by atoms with Crippen molar-refractivity contribution < 1.29 is 4.79 Å². The molecule has 1 fully saturated rings. The second-order valence-electron chi connectivity index (χ2n) is 5.63. The summed E-state index contributed by atoms with van der Waals surface area (Å²) in [5, 5.41) is 6.40. The van der Waals surface area contributed by atoms with E-state index in [-0.39, 0.29) is 17.2 Å². The molecule has 1 aliphatic rings. The predicted molar refractivity (Wildman–Crippen MR) is 62.7 cm³/mol. The first kappa shape index (κ1) is 12.5. The van der Waals surface area contributed by atoms with Crippen molar-refractivity contribution in [1.82, 2.24) is 10.6 Å². The average Bonchev–Trinajstić information content (AvgIpc) is 2.63. The number of amides is 1. The second kappa shape index (κ2) is 4.97. The lowest BCUT2D eigenvalue weighted by atomic mass is 9.81. The van der Waals surface area contributed by atoms with Gasteiger partial charge in [0, 0.05) is 18.5 Å².